The summed E-state index contributed by atoms with van der Waals surface area (Å²) in [6, 6.07) is 14.7. The van der Waals surface area contributed by atoms with Gasteiger partial charge in [0.25, 0.3) is 0 Å². The first-order valence-electron chi connectivity index (χ1n) is 5.34. The van der Waals surface area contributed by atoms with Crippen LogP contribution in [-0.2, 0) is 6.18 Å². The monoisotopic (exact) mass is 314 g/mol. The number of rotatable bonds is 2. The number of benzene rings is 2. The largest absolute Gasteiger partial charge is 0.416 e. The molecule has 0 aliphatic heterocycles. The lowest BCUT2D eigenvalue weighted by molar-refractivity contribution is -0.137. The molecule has 0 heterocycles. The minimum absolute atomic E-state index is 0.0963. The van der Waals surface area contributed by atoms with Crippen LogP contribution in [0.5, 0.6) is 0 Å². The molecule has 1 atom stereocenters. The zero-order valence-corrected chi connectivity index (χ0v) is 10.9. The van der Waals surface area contributed by atoms with Crippen molar-refractivity contribution >= 4 is 15.9 Å². The maximum Gasteiger partial charge on any atom is 0.416 e. The summed E-state index contributed by atoms with van der Waals surface area (Å²) >= 11 is 3.49. The average molecular weight is 315 g/mol. The highest BCUT2D eigenvalue weighted by Crippen LogP contribution is 2.34. The molecule has 0 fully saturated rings. The highest BCUT2D eigenvalue weighted by atomic mass is 79.9. The summed E-state index contributed by atoms with van der Waals surface area (Å²) in [7, 11) is 0. The molecule has 2 rings (SSSR count). The summed E-state index contributed by atoms with van der Waals surface area (Å²) in [6.07, 6.45) is -4.28. The van der Waals surface area contributed by atoms with Crippen LogP contribution in [-0.4, -0.2) is 0 Å². The van der Waals surface area contributed by atoms with E-state index in [2.05, 4.69) is 15.9 Å². The lowest BCUT2D eigenvalue weighted by Crippen LogP contribution is -2.04. The molecular formula is C14H10BrF3. The van der Waals surface area contributed by atoms with Crippen molar-refractivity contribution < 1.29 is 13.2 Å². The van der Waals surface area contributed by atoms with Crippen molar-refractivity contribution in [1.82, 2.24) is 0 Å². The molecule has 18 heavy (non-hydrogen) atoms. The smallest absolute Gasteiger partial charge is 0.166 e. The number of hydrogen-bond donors (Lipinski definition) is 0. The van der Waals surface area contributed by atoms with Gasteiger partial charge in [-0.25, -0.2) is 0 Å². The van der Waals surface area contributed by atoms with Crippen LogP contribution in [0.15, 0.2) is 54.6 Å². The van der Waals surface area contributed by atoms with Crippen LogP contribution in [0.3, 0.4) is 0 Å². The van der Waals surface area contributed by atoms with Crippen molar-refractivity contribution in [3.63, 3.8) is 0 Å². The second kappa shape index (κ2) is 5.14. The quantitative estimate of drug-likeness (QED) is 0.669. The molecule has 94 valence electrons. The Morgan fingerprint density at radius 1 is 0.778 bits per heavy atom. The normalized spacial score (nSPS) is 13.3. The molecule has 0 saturated heterocycles. The summed E-state index contributed by atoms with van der Waals surface area (Å²) in [5.74, 6) is 0. The van der Waals surface area contributed by atoms with Crippen LogP contribution in [0.25, 0.3) is 0 Å². The molecule has 0 aliphatic carbocycles. The van der Waals surface area contributed by atoms with Gasteiger partial charge in [-0.2, -0.15) is 13.2 Å². The first-order chi connectivity index (χ1) is 8.48. The second-order valence-corrected chi connectivity index (χ2v) is 4.81. The molecular weight excluding hydrogens is 305 g/mol. The molecule has 2 aromatic carbocycles. The first-order valence-corrected chi connectivity index (χ1v) is 6.26. The SMILES string of the molecule is FC(F)(F)c1ccc(C(Br)c2ccccc2)cc1. The summed E-state index contributed by atoms with van der Waals surface area (Å²) in [5.41, 5.74) is 1.19. The third-order valence-corrected chi connectivity index (χ3v) is 3.68. The Morgan fingerprint density at radius 2 is 1.28 bits per heavy atom. The van der Waals surface area contributed by atoms with Gasteiger partial charge in [0.2, 0.25) is 0 Å². The van der Waals surface area contributed by atoms with Gasteiger partial charge in [0.05, 0.1) is 10.4 Å². The summed E-state index contributed by atoms with van der Waals surface area (Å²) in [4.78, 5) is -0.0963. The Bertz CT molecular complexity index is 503. The van der Waals surface area contributed by atoms with Crippen LogP contribution in [0.1, 0.15) is 21.5 Å². The number of hydrogen-bond acceptors (Lipinski definition) is 0. The van der Waals surface area contributed by atoms with E-state index in [0.29, 0.717) is 0 Å². The number of halogens is 4. The fourth-order valence-corrected chi connectivity index (χ4v) is 2.27. The van der Waals surface area contributed by atoms with Crippen molar-refractivity contribution in [1.29, 1.82) is 0 Å². The number of alkyl halides is 4. The van der Waals surface area contributed by atoms with Gasteiger partial charge in [0.15, 0.2) is 0 Å². The minimum Gasteiger partial charge on any atom is -0.166 e. The van der Waals surface area contributed by atoms with Crippen molar-refractivity contribution in [2.75, 3.05) is 0 Å². The summed E-state index contributed by atoms with van der Waals surface area (Å²) in [5, 5.41) is 0. The van der Waals surface area contributed by atoms with Crippen LogP contribution in [0, 0.1) is 0 Å². The fraction of sp³-hybridized carbons (Fsp3) is 0.143. The van der Waals surface area contributed by atoms with Crippen molar-refractivity contribution in [2.24, 2.45) is 0 Å². The molecule has 0 radical (unpaired) electrons. The lowest BCUT2D eigenvalue weighted by Gasteiger charge is -2.12. The zero-order chi connectivity index (χ0) is 13.2. The molecule has 0 aliphatic rings. The van der Waals surface area contributed by atoms with Gasteiger partial charge in [-0.1, -0.05) is 58.4 Å². The summed E-state index contributed by atoms with van der Waals surface area (Å²) < 4.78 is 37.3. The average Bonchev–Trinajstić information content (AvgIpc) is 2.38. The third kappa shape index (κ3) is 2.93. The van der Waals surface area contributed by atoms with Gasteiger partial charge in [0.1, 0.15) is 0 Å². The predicted molar refractivity (Wildman–Crippen MR) is 68.7 cm³/mol. The standard InChI is InChI=1S/C14H10BrF3/c15-13(10-4-2-1-3-5-10)11-6-8-12(9-7-11)14(16,17)18/h1-9,13H. The zero-order valence-electron chi connectivity index (χ0n) is 9.29. The molecule has 0 saturated carbocycles. The van der Waals surface area contributed by atoms with Crippen molar-refractivity contribution in [2.45, 2.75) is 11.0 Å². The maximum absolute atomic E-state index is 12.4. The van der Waals surface area contributed by atoms with Gasteiger partial charge in [-0.15, -0.1) is 0 Å². The van der Waals surface area contributed by atoms with Crippen molar-refractivity contribution in [3.8, 4) is 0 Å². The Balaban J connectivity index is 2.25. The van der Waals surface area contributed by atoms with E-state index in [1.54, 1.807) is 0 Å². The topological polar surface area (TPSA) is 0 Å². The van der Waals surface area contributed by atoms with Gasteiger partial charge >= 0.3 is 6.18 Å². The molecule has 4 heteroatoms. The van der Waals surface area contributed by atoms with Gasteiger partial charge in [-0.05, 0) is 23.3 Å². The van der Waals surface area contributed by atoms with Gasteiger partial charge < -0.3 is 0 Å². The molecule has 0 amide bonds. The highest BCUT2D eigenvalue weighted by molar-refractivity contribution is 9.09. The molecule has 2 aromatic rings. The second-order valence-electron chi connectivity index (χ2n) is 3.89. The lowest BCUT2D eigenvalue weighted by atomic mass is 10.0. The maximum atomic E-state index is 12.4. The van der Waals surface area contributed by atoms with E-state index in [1.807, 2.05) is 30.3 Å². The molecule has 0 spiro atoms. The van der Waals surface area contributed by atoms with Crippen LogP contribution < -0.4 is 0 Å². The Kier molecular flexibility index (Phi) is 3.76. The van der Waals surface area contributed by atoms with E-state index >= 15 is 0 Å². The Morgan fingerprint density at radius 3 is 1.78 bits per heavy atom. The Labute approximate surface area is 112 Å². The first kappa shape index (κ1) is 13.1. The molecule has 0 nitrogen and oxygen atoms in total. The molecule has 0 N–H and O–H groups in total. The van der Waals surface area contributed by atoms with Crippen LogP contribution in [0.4, 0.5) is 13.2 Å². The van der Waals surface area contributed by atoms with Crippen LogP contribution >= 0.6 is 15.9 Å². The van der Waals surface area contributed by atoms with E-state index in [4.69, 9.17) is 0 Å². The molecule has 0 bridgehead atoms. The van der Waals surface area contributed by atoms with E-state index in [-0.39, 0.29) is 4.83 Å². The molecule has 1 unspecified atom stereocenters. The fourth-order valence-electron chi connectivity index (χ4n) is 1.66. The Hall–Kier alpha value is -1.29. The highest BCUT2D eigenvalue weighted by Gasteiger charge is 2.30. The minimum atomic E-state index is -4.28. The van der Waals surface area contributed by atoms with E-state index < -0.39 is 11.7 Å². The summed E-state index contributed by atoms with van der Waals surface area (Å²) in [6.45, 7) is 0. The molecule has 0 aromatic heterocycles. The van der Waals surface area contributed by atoms with Crippen LogP contribution in [0.2, 0.25) is 0 Å². The van der Waals surface area contributed by atoms with E-state index in [1.165, 1.54) is 12.1 Å². The van der Waals surface area contributed by atoms with Crippen molar-refractivity contribution in [3.05, 3.63) is 71.3 Å². The van der Waals surface area contributed by atoms with Gasteiger partial charge in [0, 0.05) is 0 Å². The van der Waals surface area contributed by atoms with E-state index in [0.717, 1.165) is 23.3 Å². The third-order valence-electron chi connectivity index (χ3n) is 2.62. The predicted octanol–water partition coefficient (Wildman–Crippen LogP) is 5.19. The van der Waals surface area contributed by atoms with Gasteiger partial charge in [-0.3, -0.25) is 0 Å². The van der Waals surface area contributed by atoms with E-state index in [9.17, 15) is 13.2 Å².